The van der Waals surface area contributed by atoms with Crippen LogP contribution >= 0.6 is 22.9 Å². The highest BCUT2D eigenvalue weighted by Crippen LogP contribution is 2.27. The van der Waals surface area contributed by atoms with Gasteiger partial charge in [0.25, 0.3) is 5.91 Å². The predicted molar refractivity (Wildman–Crippen MR) is 84.4 cm³/mol. The van der Waals surface area contributed by atoms with E-state index in [1.165, 1.54) is 11.3 Å². The summed E-state index contributed by atoms with van der Waals surface area (Å²) in [5.41, 5.74) is 7.79. The highest BCUT2D eigenvalue weighted by atomic mass is 35.5. The second kappa shape index (κ2) is 6.58. The third-order valence-electron chi connectivity index (χ3n) is 2.58. The van der Waals surface area contributed by atoms with Crippen LogP contribution < -0.4 is 11.1 Å². The minimum atomic E-state index is -0.200. The van der Waals surface area contributed by atoms with Gasteiger partial charge in [0.05, 0.1) is 11.6 Å². The summed E-state index contributed by atoms with van der Waals surface area (Å²) in [6.45, 7) is 2.20. The Morgan fingerprint density at radius 2 is 2.10 bits per heavy atom. The smallest absolute Gasteiger partial charge is 0.267 e. The fourth-order valence-corrected chi connectivity index (χ4v) is 2.73. The van der Waals surface area contributed by atoms with Gasteiger partial charge in [-0.05, 0) is 42.1 Å². The van der Waals surface area contributed by atoms with Gasteiger partial charge >= 0.3 is 0 Å². The van der Waals surface area contributed by atoms with E-state index in [9.17, 15) is 4.79 Å². The average molecular weight is 305 g/mol. The van der Waals surface area contributed by atoms with Gasteiger partial charge in [-0.15, -0.1) is 11.3 Å². The van der Waals surface area contributed by atoms with Gasteiger partial charge in [0.15, 0.2) is 0 Å². The summed E-state index contributed by atoms with van der Waals surface area (Å²) in [4.78, 5) is 12.6. The molecule has 0 fully saturated rings. The molecule has 1 heterocycles. The molecule has 1 aromatic heterocycles. The largest absolute Gasteiger partial charge is 0.321 e. The number of rotatable bonds is 2. The Bertz CT molecular complexity index is 680. The van der Waals surface area contributed by atoms with E-state index in [2.05, 4.69) is 17.2 Å². The number of aryl methyl sites for hydroxylation is 1. The highest BCUT2D eigenvalue weighted by molar-refractivity contribution is 7.13. The number of carbonyl (C=O) groups is 1. The molecule has 102 valence electrons. The maximum Gasteiger partial charge on any atom is 0.267 e. The van der Waals surface area contributed by atoms with Crippen molar-refractivity contribution < 1.29 is 4.79 Å². The van der Waals surface area contributed by atoms with Crippen LogP contribution in [0.5, 0.6) is 0 Å². The summed E-state index contributed by atoms with van der Waals surface area (Å²) in [5.74, 6) is 5.50. The number of hydrogen-bond acceptors (Lipinski definition) is 3. The van der Waals surface area contributed by atoms with Crippen LogP contribution in [0.3, 0.4) is 0 Å². The van der Waals surface area contributed by atoms with Gasteiger partial charge in [0, 0.05) is 11.3 Å². The number of thiophene rings is 1. The molecule has 20 heavy (non-hydrogen) atoms. The van der Waals surface area contributed by atoms with Gasteiger partial charge in [-0.2, -0.15) is 0 Å². The van der Waals surface area contributed by atoms with Crippen LogP contribution in [0, 0.1) is 18.8 Å². The number of nitrogens with one attached hydrogen (secondary N) is 1. The molecule has 0 bridgehead atoms. The zero-order chi connectivity index (χ0) is 14.5. The van der Waals surface area contributed by atoms with Crippen molar-refractivity contribution in [1.29, 1.82) is 0 Å². The van der Waals surface area contributed by atoms with Crippen LogP contribution in [0.25, 0.3) is 0 Å². The summed E-state index contributed by atoms with van der Waals surface area (Å²) in [5, 5.41) is 5.19. The Balaban J connectivity index is 2.10. The molecule has 0 spiro atoms. The Kier molecular flexibility index (Phi) is 4.80. The first kappa shape index (κ1) is 14.6. The van der Waals surface area contributed by atoms with E-state index in [0.717, 1.165) is 11.1 Å². The van der Waals surface area contributed by atoms with Crippen molar-refractivity contribution >= 4 is 34.5 Å². The van der Waals surface area contributed by atoms with Crippen LogP contribution in [-0.4, -0.2) is 12.5 Å². The van der Waals surface area contributed by atoms with Crippen LogP contribution in [0.4, 0.5) is 5.69 Å². The monoisotopic (exact) mass is 304 g/mol. The fraction of sp³-hybridized carbons (Fsp3) is 0.133. The summed E-state index contributed by atoms with van der Waals surface area (Å²) in [6.07, 6.45) is 0. The number of anilines is 1. The quantitative estimate of drug-likeness (QED) is 0.837. The molecule has 0 saturated carbocycles. The van der Waals surface area contributed by atoms with Crippen LogP contribution in [0.2, 0.25) is 5.02 Å². The maximum atomic E-state index is 12.1. The molecule has 0 aliphatic rings. The predicted octanol–water partition coefficient (Wildman–Crippen LogP) is 3.27. The number of benzene rings is 1. The van der Waals surface area contributed by atoms with Crippen LogP contribution in [0.15, 0.2) is 29.6 Å². The van der Waals surface area contributed by atoms with E-state index in [0.29, 0.717) is 22.1 Å². The standard InChI is InChI=1S/C15H13ClN2OS/c1-10-9-20-14(13(10)16)15(19)18-12-6-4-11(5-7-12)3-2-8-17/h4-7,9H,8,17H2,1H3,(H,18,19). The molecule has 1 aromatic carbocycles. The Morgan fingerprint density at radius 1 is 1.40 bits per heavy atom. The van der Waals surface area contributed by atoms with E-state index >= 15 is 0 Å². The molecule has 5 heteroatoms. The third-order valence-corrected chi connectivity index (χ3v) is 4.28. The topological polar surface area (TPSA) is 55.1 Å². The van der Waals surface area contributed by atoms with Gasteiger partial charge in [0.1, 0.15) is 4.88 Å². The van der Waals surface area contributed by atoms with Crippen LogP contribution in [-0.2, 0) is 0 Å². The minimum absolute atomic E-state index is 0.200. The lowest BCUT2D eigenvalue weighted by Crippen LogP contribution is -2.10. The van der Waals surface area contributed by atoms with E-state index in [-0.39, 0.29) is 5.91 Å². The molecule has 0 aliphatic heterocycles. The molecule has 0 radical (unpaired) electrons. The molecule has 2 rings (SSSR count). The lowest BCUT2D eigenvalue weighted by atomic mass is 10.2. The van der Waals surface area contributed by atoms with Gasteiger partial charge in [0.2, 0.25) is 0 Å². The first-order chi connectivity index (χ1) is 9.61. The molecule has 0 unspecified atom stereocenters. The van der Waals surface area contributed by atoms with Crippen molar-refractivity contribution in [2.45, 2.75) is 6.92 Å². The van der Waals surface area contributed by atoms with Crippen molar-refractivity contribution in [3.8, 4) is 11.8 Å². The molecule has 2 aromatic rings. The Labute approximate surface area is 126 Å². The Morgan fingerprint density at radius 3 is 2.65 bits per heavy atom. The Hall–Kier alpha value is -1.80. The van der Waals surface area contributed by atoms with E-state index in [1.807, 2.05) is 24.4 Å². The van der Waals surface area contributed by atoms with Crippen molar-refractivity contribution in [1.82, 2.24) is 0 Å². The molecule has 1 amide bonds. The van der Waals surface area contributed by atoms with Crippen molar-refractivity contribution in [2.24, 2.45) is 5.73 Å². The first-order valence-electron chi connectivity index (χ1n) is 5.95. The lowest BCUT2D eigenvalue weighted by Gasteiger charge is -2.04. The molecular weight excluding hydrogens is 292 g/mol. The SMILES string of the molecule is Cc1csc(C(=O)Nc2ccc(C#CCN)cc2)c1Cl. The molecule has 3 nitrogen and oxygen atoms in total. The maximum absolute atomic E-state index is 12.1. The van der Waals surface area contributed by atoms with E-state index in [4.69, 9.17) is 17.3 Å². The number of carbonyl (C=O) groups excluding carboxylic acids is 1. The first-order valence-corrected chi connectivity index (χ1v) is 7.21. The van der Waals surface area contributed by atoms with Gasteiger partial charge in [-0.3, -0.25) is 4.79 Å². The highest BCUT2D eigenvalue weighted by Gasteiger charge is 2.14. The number of amides is 1. The van der Waals surface area contributed by atoms with Crippen molar-refractivity contribution in [2.75, 3.05) is 11.9 Å². The number of nitrogens with two attached hydrogens (primary N) is 1. The third kappa shape index (κ3) is 3.40. The van der Waals surface area contributed by atoms with Gasteiger partial charge < -0.3 is 11.1 Å². The average Bonchev–Trinajstić information content (AvgIpc) is 2.78. The zero-order valence-electron chi connectivity index (χ0n) is 10.9. The summed E-state index contributed by atoms with van der Waals surface area (Å²) in [7, 11) is 0. The van der Waals surface area contributed by atoms with Crippen molar-refractivity contribution in [3.05, 3.63) is 50.7 Å². The second-order valence-electron chi connectivity index (χ2n) is 4.10. The molecule has 0 aliphatic carbocycles. The van der Waals surface area contributed by atoms with E-state index < -0.39 is 0 Å². The zero-order valence-corrected chi connectivity index (χ0v) is 12.4. The molecule has 0 saturated heterocycles. The number of halogens is 1. The second-order valence-corrected chi connectivity index (χ2v) is 5.36. The fourth-order valence-electron chi connectivity index (χ4n) is 1.56. The van der Waals surface area contributed by atoms with E-state index in [1.54, 1.807) is 12.1 Å². The molecular formula is C15H13ClN2OS. The van der Waals surface area contributed by atoms with Gasteiger partial charge in [-0.25, -0.2) is 0 Å². The van der Waals surface area contributed by atoms with Crippen molar-refractivity contribution in [3.63, 3.8) is 0 Å². The number of hydrogen-bond donors (Lipinski definition) is 2. The minimum Gasteiger partial charge on any atom is -0.321 e. The summed E-state index contributed by atoms with van der Waals surface area (Å²) < 4.78 is 0. The normalized spacial score (nSPS) is 9.75. The lowest BCUT2D eigenvalue weighted by molar-refractivity contribution is 0.103. The van der Waals surface area contributed by atoms with Crippen LogP contribution in [0.1, 0.15) is 20.8 Å². The molecule has 0 atom stereocenters. The summed E-state index contributed by atoms with van der Waals surface area (Å²) in [6, 6.07) is 7.26. The summed E-state index contributed by atoms with van der Waals surface area (Å²) >= 11 is 7.41. The van der Waals surface area contributed by atoms with Gasteiger partial charge in [-0.1, -0.05) is 23.4 Å². The molecule has 3 N–H and O–H groups in total.